The minimum Gasteiger partial charge on any atom is -0.344 e. The highest BCUT2D eigenvalue weighted by Crippen LogP contribution is 2.18. The second-order valence-corrected chi connectivity index (χ2v) is 8.55. The van der Waals surface area contributed by atoms with Crippen molar-refractivity contribution in [3.8, 4) is 0 Å². The van der Waals surface area contributed by atoms with Crippen molar-refractivity contribution in [3.05, 3.63) is 58.9 Å². The number of hydrogen-bond acceptors (Lipinski definition) is 4. The van der Waals surface area contributed by atoms with Gasteiger partial charge in [0.15, 0.2) is 5.78 Å². The molecular weight excluding hydrogens is 364 g/mol. The van der Waals surface area contributed by atoms with Gasteiger partial charge < -0.3 is 4.57 Å². The number of Topliss-reactive ketones (excluding diaryl/α,β-unsaturated/α-hetero) is 1. The highest BCUT2D eigenvalue weighted by atomic mass is 32.2. The first kappa shape index (κ1) is 19.8. The number of rotatable bonds is 6. The zero-order chi connectivity index (χ0) is 19.6. The van der Waals surface area contributed by atoms with Crippen LogP contribution in [0.2, 0.25) is 0 Å². The van der Waals surface area contributed by atoms with Crippen molar-refractivity contribution in [3.63, 3.8) is 0 Å². The molecule has 146 valence electrons. The lowest BCUT2D eigenvalue weighted by molar-refractivity contribution is 0.0901. The van der Waals surface area contributed by atoms with Crippen molar-refractivity contribution in [2.24, 2.45) is 5.14 Å². The Morgan fingerprint density at radius 2 is 1.70 bits per heavy atom. The SMILES string of the molecule is Cc1cc(C(=O)CN2CCN(S(N)(=O)=O)CC2)c(C)n1Cc1ccccc1. The Balaban J connectivity index is 1.67. The Bertz CT molecular complexity index is 914. The van der Waals surface area contributed by atoms with Gasteiger partial charge >= 0.3 is 0 Å². The van der Waals surface area contributed by atoms with E-state index in [0.717, 1.165) is 23.5 Å². The molecule has 0 amide bonds. The van der Waals surface area contributed by atoms with Crippen molar-refractivity contribution in [2.75, 3.05) is 32.7 Å². The third kappa shape index (κ3) is 4.65. The van der Waals surface area contributed by atoms with Crippen LogP contribution in [0.3, 0.4) is 0 Å². The van der Waals surface area contributed by atoms with Crippen LogP contribution >= 0.6 is 0 Å². The van der Waals surface area contributed by atoms with E-state index < -0.39 is 10.2 Å². The molecule has 1 saturated heterocycles. The Morgan fingerprint density at radius 3 is 2.30 bits per heavy atom. The summed E-state index contributed by atoms with van der Waals surface area (Å²) in [4.78, 5) is 14.8. The molecule has 0 spiro atoms. The van der Waals surface area contributed by atoms with Gasteiger partial charge in [-0.2, -0.15) is 12.7 Å². The summed E-state index contributed by atoms with van der Waals surface area (Å²) in [5.41, 5.74) is 3.94. The van der Waals surface area contributed by atoms with Crippen molar-refractivity contribution in [1.29, 1.82) is 0 Å². The number of carbonyl (C=O) groups is 1. The first-order chi connectivity index (χ1) is 12.8. The van der Waals surface area contributed by atoms with Crippen molar-refractivity contribution in [1.82, 2.24) is 13.8 Å². The van der Waals surface area contributed by atoms with Crippen LogP contribution in [0.15, 0.2) is 36.4 Å². The van der Waals surface area contributed by atoms with Crippen LogP contribution in [0.25, 0.3) is 0 Å². The summed E-state index contributed by atoms with van der Waals surface area (Å²) in [6.45, 7) is 6.65. The monoisotopic (exact) mass is 390 g/mol. The molecule has 0 atom stereocenters. The molecule has 1 aromatic heterocycles. The largest absolute Gasteiger partial charge is 0.344 e. The minimum atomic E-state index is -3.65. The van der Waals surface area contributed by atoms with Gasteiger partial charge in [-0.3, -0.25) is 9.69 Å². The second-order valence-electron chi connectivity index (χ2n) is 7.00. The van der Waals surface area contributed by atoms with Crippen LogP contribution in [0, 0.1) is 13.8 Å². The standard InChI is InChI=1S/C19H26N4O3S/c1-15-12-18(16(2)23(15)13-17-6-4-3-5-7-17)19(24)14-21-8-10-22(11-9-21)27(20,25)26/h3-7,12H,8-11,13-14H2,1-2H3,(H2,20,25,26). The summed E-state index contributed by atoms with van der Waals surface area (Å²) in [5, 5.41) is 5.16. The first-order valence-corrected chi connectivity index (χ1v) is 10.5. The van der Waals surface area contributed by atoms with Gasteiger partial charge in [0.2, 0.25) is 0 Å². The number of aromatic nitrogens is 1. The molecule has 1 aromatic carbocycles. The Hall–Kier alpha value is -2.00. The van der Waals surface area contributed by atoms with Crippen LogP contribution in [0.1, 0.15) is 27.3 Å². The van der Waals surface area contributed by atoms with Crippen LogP contribution < -0.4 is 5.14 Å². The number of hydrogen-bond donors (Lipinski definition) is 1. The summed E-state index contributed by atoms with van der Waals surface area (Å²) in [6, 6.07) is 12.1. The number of ketones is 1. The Kier molecular flexibility index (Phi) is 5.81. The molecule has 0 bridgehead atoms. The molecule has 0 aliphatic carbocycles. The van der Waals surface area contributed by atoms with Crippen LogP contribution in [0.5, 0.6) is 0 Å². The molecule has 27 heavy (non-hydrogen) atoms. The van der Waals surface area contributed by atoms with Gasteiger partial charge in [0.05, 0.1) is 6.54 Å². The van der Waals surface area contributed by atoms with Gasteiger partial charge in [-0.05, 0) is 25.5 Å². The van der Waals surface area contributed by atoms with E-state index in [4.69, 9.17) is 5.14 Å². The predicted octanol–water partition coefficient (Wildman–Crippen LogP) is 1.16. The topological polar surface area (TPSA) is 88.6 Å². The molecule has 1 aliphatic heterocycles. The van der Waals surface area contributed by atoms with Gasteiger partial charge in [-0.15, -0.1) is 0 Å². The minimum absolute atomic E-state index is 0.0615. The molecule has 0 radical (unpaired) electrons. The third-order valence-electron chi connectivity index (χ3n) is 5.12. The smallest absolute Gasteiger partial charge is 0.276 e. The molecule has 2 heterocycles. The first-order valence-electron chi connectivity index (χ1n) is 9.00. The molecular formula is C19H26N4O3S. The van der Waals surface area contributed by atoms with Crippen molar-refractivity contribution >= 4 is 16.0 Å². The lowest BCUT2D eigenvalue weighted by atomic mass is 10.1. The molecule has 1 fully saturated rings. The highest BCUT2D eigenvalue weighted by Gasteiger charge is 2.26. The Morgan fingerprint density at radius 1 is 1.07 bits per heavy atom. The molecule has 7 nitrogen and oxygen atoms in total. The molecule has 1 aliphatic rings. The lowest BCUT2D eigenvalue weighted by Gasteiger charge is -2.32. The zero-order valence-corrected chi connectivity index (χ0v) is 16.6. The number of carbonyl (C=O) groups excluding carboxylic acids is 1. The van der Waals surface area contributed by atoms with Crippen LogP contribution in [-0.2, 0) is 16.8 Å². The van der Waals surface area contributed by atoms with Crippen molar-refractivity contribution in [2.45, 2.75) is 20.4 Å². The summed E-state index contributed by atoms with van der Waals surface area (Å²) in [5.74, 6) is 0.0615. The fourth-order valence-electron chi connectivity index (χ4n) is 3.52. The van der Waals surface area contributed by atoms with E-state index >= 15 is 0 Å². The summed E-state index contributed by atoms with van der Waals surface area (Å²) in [6.07, 6.45) is 0. The maximum atomic E-state index is 12.8. The lowest BCUT2D eigenvalue weighted by Crippen LogP contribution is -2.51. The van der Waals surface area contributed by atoms with Crippen LogP contribution in [-0.4, -0.2) is 60.7 Å². The van der Waals surface area contributed by atoms with Gasteiger partial charge in [-0.1, -0.05) is 30.3 Å². The maximum Gasteiger partial charge on any atom is 0.276 e. The van der Waals surface area contributed by atoms with E-state index in [9.17, 15) is 13.2 Å². The fourth-order valence-corrected chi connectivity index (χ4v) is 4.20. The maximum absolute atomic E-state index is 12.8. The molecule has 8 heteroatoms. The van der Waals surface area contributed by atoms with Gasteiger partial charge in [0, 0.05) is 49.7 Å². The summed E-state index contributed by atoms with van der Waals surface area (Å²) >= 11 is 0. The highest BCUT2D eigenvalue weighted by molar-refractivity contribution is 7.86. The van der Waals surface area contributed by atoms with E-state index in [0.29, 0.717) is 26.2 Å². The van der Waals surface area contributed by atoms with Gasteiger partial charge in [0.1, 0.15) is 0 Å². The normalized spacial score (nSPS) is 16.6. The quantitative estimate of drug-likeness (QED) is 0.750. The number of nitrogens with two attached hydrogens (primary N) is 1. The van der Waals surface area contributed by atoms with E-state index in [1.807, 2.05) is 43.0 Å². The van der Waals surface area contributed by atoms with E-state index in [2.05, 4.69) is 16.7 Å². The summed E-state index contributed by atoms with van der Waals surface area (Å²) in [7, 11) is -3.65. The average Bonchev–Trinajstić information content (AvgIpc) is 2.91. The molecule has 0 unspecified atom stereocenters. The molecule has 0 saturated carbocycles. The second kappa shape index (κ2) is 7.93. The summed E-state index contributed by atoms with van der Waals surface area (Å²) < 4.78 is 26.2. The molecule has 3 rings (SSSR count). The van der Waals surface area contributed by atoms with Crippen molar-refractivity contribution < 1.29 is 13.2 Å². The third-order valence-corrected chi connectivity index (χ3v) is 6.20. The van der Waals surface area contributed by atoms with E-state index in [1.165, 1.54) is 9.87 Å². The van der Waals surface area contributed by atoms with Gasteiger partial charge in [-0.25, -0.2) is 5.14 Å². The average molecular weight is 391 g/mol. The predicted molar refractivity (Wildman–Crippen MR) is 105 cm³/mol. The fraction of sp³-hybridized carbons (Fsp3) is 0.421. The van der Waals surface area contributed by atoms with Crippen LogP contribution in [0.4, 0.5) is 0 Å². The number of piperazine rings is 1. The number of aryl methyl sites for hydroxylation is 1. The molecule has 2 N–H and O–H groups in total. The molecule has 2 aromatic rings. The number of nitrogens with zero attached hydrogens (tertiary/aromatic N) is 3. The number of benzene rings is 1. The van der Waals surface area contributed by atoms with E-state index in [-0.39, 0.29) is 12.3 Å². The van der Waals surface area contributed by atoms with E-state index in [1.54, 1.807) is 0 Å². The zero-order valence-electron chi connectivity index (χ0n) is 15.8. The van der Waals surface area contributed by atoms with Gasteiger partial charge in [0.25, 0.3) is 10.2 Å². The Labute approximate surface area is 160 Å².